The first-order chi connectivity index (χ1) is 8.52. The molecule has 0 fully saturated rings. The van der Waals surface area contributed by atoms with Gasteiger partial charge in [-0.3, -0.25) is 4.79 Å². The van der Waals surface area contributed by atoms with Gasteiger partial charge in [0.2, 0.25) is 0 Å². The predicted octanol–water partition coefficient (Wildman–Crippen LogP) is 2.48. The Hall–Kier alpha value is -1.75. The number of thioether (sulfide) groups is 1. The van der Waals surface area contributed by atoms with Crippen molar-refractivity contribution < 1.29 is 19.4 Å². The summed E-state index contributed by atoms with van der Waals surface area (Å²) in [5.74, 6) is -1.30. The van der Waals surface area contributed by atoms with Crippen LogP contribution < -0.4 is 0 Å². The highest BCUT2D eigenvalue weighted by atomic mass is 32.2. The Morgan fingerprint density at radius 3 is 2.44 bits per heavy atom. The van der Waals surface area contributed by atoms with Crippen molar-refractivity contribution in [2.75, 3.05) is 6.61 Å². The van der Waals surface area contributed by atoms with E-state index in [1.807, 2.05) is 0 Å². The first kappa shape index (κ1) is 14.3. The van der Waals surface area contributed by atoms with Gasteiger partial charge in [0.1, 0.15) is 0 Å². The Balaban J connectivity index is 2.61. The smallest absolute Gasteiger partial charge is 0.344 e. The summed E-state index contributed by atoms with van der Waals surface area (Å²) in [7, 11) is 0. The third-order valence-corrected chi connectivity index (χ3v) is 2.94. The normalized spacial score (nSPS) is 9.83. The van der Waals surface area contributed by atoms with Crippen LogP contribution in [0.3, 0.4) is 0 Å². The van der Waals surface area contributed by atoms with E-state index in [0.717, 1.165) is 4.90 Å². The van der Waals surface area contributed by atoms with Gasteiger partial charge in [-0.25, -0.2) is 4.79 Å². The molecule has 0 saturated heterocycles. The van der Waals surface area contributed by atoms with E-state index in [1.165, 1.54) is 11.8 Å². The Bertz CT molecular complexity index is 451. The molecule has 0 saturated carbocycles. The van der Waals surface area contributed by atoms with E-state index in [0.29, 0.717) is 17.1 Å². The van der Waals surface area contributed by atoms with E-state index in [-0.39, 0.29) is 6.42 Å². The summed E-state index contributed by atoms with van der Waals surface area (Å²) in [5, 5.41) is 8.63. The lowest BCUT2D eigenvalue weighted by molar-refractivity contribution is -0.138. The van der Waals surface area contributed by atoms with Crippen molar-refractivity contribution in [3.8, 4) is 0 Å². The first-order valence-corrected chi connectivity index (χ1v) is 6.19. The van der Waals surface area contributed by atoms with Crippen molar-refractivity contribution in [1.82, 2.24) is 0 Å². The number of aliphatic carboxylic acids is 1. The maximum atomic E-state index is 11.3. The first-order valence-electron chi connectivity index (χ1n) is 5.37. The second-order valence-electron chi connectivity index (χ2n) is 3.46. The molecular formula is C13H14O4S. The van der Waals surface area contributed by atoms with Gasteiger partial charge in [0.15, 0.2) is 0 Å². The standard InChI is InChI=1S/C13H14O4S/c1-3-17-13(16)9(2)18-11-6-4-10(5-7-11)8-12(14)15/h4-7H,2-3,8H2,1H3,(H,14,15). The van der Waals surface area contributed by atoms with Crippen molar-refractivity contribution in [1.29, 1.82) is 0 Å². The van der Waals surface area contributed by atoms with Gasteiger partial charge in [-0.1, -0.05) is 30.5 Å². The van der Waals surface area contributed by atoms with E-state index < -0.39 is 11.9 Å². The van der Waals surface area contributed by atoms with Crippen LogP contribution in [0.4, 0.5) is 0 Å². The van der Waals surface area contributed by atoms with Gasteiger partial charge in [0.25, 0.3) is 0 Å². The molecule has 0 atom stereocenters. The van der Waals surface area contributed by atoms with Crippen LogP contribution in [0.2, 0.25) is 0 Å². The van der Waals surface area contributed by atoms with Gasteiger partial charge in [-0.2, -0.15) is 0 Å². The van der Waals surface area contributed by atoms with Crippen molar-refractivity contribution in [2.45, 2.75) is 18.2 Å². The fraction of sp³-hybridized carbons (Fsp3) is 0.231. The van der Waals surface area contributed by atoms with Crippen LogP contribution in [0.1, 0.15) is 12.5 Å². The third kappa shape index (κ3) is 4.63. The fourth-order valence-corrected chi connectivity index (χ4v) is 1.94. The second kappa shape index (κ2) is 6.86. The Kier molecular flexibility index (Phi) is 5.45. The lowest BCUT2D eigenvalue weighted by atomic mass is 10.2. The number of carbonyl (C=O) groups is 2. The molecule has 96 valence electrons. The van der Waals surface area contributed by atoms with Crippen molar-refractivity contribution in [3.05, 3.63) is 41.3 Å². The van der Waals surface area contributed by atoms with Crippen LogP contribution in [-0.4, -0.2) is 23.7 Å². The zero-order chi connectivity index (χ0) is 13.5. The molecule has 1 N–H and O–H groups in total. The summed E-state index contributed by atoms with van der Waals surface area (Å²) in [4.78, 5) is 23.0. The molecule has 0 unspecified atom stereocenters. The summed E-state index contributed by atoms with van der Waals surface area (Å²) in [6.07, 6.45) is -0.0101. The molecule has 0 aliphatic heterocycles. The highest BCUT2D eigenvalue weighted by molar-refractivity contribution is 8.04. The molecule has 0 aliphatic rings. The van der Waals surface area contributed by atoms with Gasteiger partial charge in [0.05, 0.1) is 17.9 Å². The molecule has 1 aromatic rings. The molecule has 1 aromatic carbocycles. The highest BCUT2D eigenvalue weighted by Crippen LogP contribution is 2.26. The Morgan fingerprint density at radius 2 is 1.94 bits per heavy atom. The monoisotopic (exact) mass is 266 g/mol. The number of carbonyl (C=O) groups excluding carboxylic acids is 1. The van der Waals surface area contributed by atoms with Crippen LogP contribution >= 0.6 is 11.8 Å². The largest absolute Gasteiger partial charge is 0.481 e. The quantitative estimate of drug-likeness (QED) is 0.487. The summed E-state index contributed by atoms with van der Waals surface area (Å²) >= 11 is 1.20. The number of benzene rings is 1. The number of ether oxygens (including phenoxy) is 1. The van der Waals surface area contributed by atoms with Crippen LogP contribution in [0.5, 0.6) is 0 Å². The average molecular weight is 266 g/mol. The van der Waals surface area contributed by atoms with Gasteiger partial charge in [-0.05, 0) is 24.6 Å². The van der Waals surface area contributed by atoms with Gasteiger partial charge < -0.3 is 9.84 Å². The highest BCUT2D eigenvalue weighted by Gasteiger charge is 2.09. The number of carboxylic acids is 1. The van der Waals surface area contributed by atoms with Crippen molar-refractivity contribution >= 4 is 23.7 Å². The van der Waals surface area contributed by atoms with Gasteiger partial charge in [0, 0.05) is 4.90 Å². The molecule has 0 aliphatic carbocycles. The van der Waals surface area contributed by atoms with E-state index >= 15 is 0 Å². The van der Waals surface area contributed by atoms with Crippen molar-refractivity contribution in [2.24, 2.45) is 0 Å². The number of rotatable bonds is 6. The Morgan fingerprint density at radius 1 is 1.33 bits per heavy atom. The SMILES string of the molecule is C=C(Sc1ccc(CC(=O)O)cc1)C(=O)OCC. The summed E-state index contributed by atoms with van der Waals surface area (Å²) in [6.45, 7) is 5.68. The lowest BCUT2D eigenvalue weighted by Crippen LogP contribution is -2.04. The number of esters is 1. The summed E-state index contributed by atoms with van der Waals surface area (Å²) in [6, 6.07) is 6.95. The zero-order valence-corrected chi connectivity index (χ0v) is 10.8. The predicted molar refractivity (Wildman–Crippen MR) is 69.4 cm³/mol. The minimum absolute atomic E-state index is 0.0101. The van der Waals surface area contributed by atoms with E-state index in [2.05, 4.69) is 6.58 Å². The molecule has 0 spiro atoms. The molecule has 0 radical (unpaired) electrons. The molecule has 18 heavy (non-hydrogen) atoms. The Labute approximate surface area is 110 Å². The van der Waals surface area contributed by atoms with E-state index in [9.17, 15) is 9.59 Å². The van der Waals surface area contributed by atoms with Crippen LogP contribution in [0.25, 0.3) is 0 Å². The fourth-order valence-electron chi connectivity index (χ4n) is 1.25. The second-order valence-corrected chi connectivity index (χ2v) is 4.63. The molecular weight excluding hydrogens is 252 g/mol. The molecule has 1 rings (SSSR count). The summed E-state index contributed by atoms with van der Waals surface area (Å²) in [5.41, 5.74) is 0.716. The molecule has 0 heterocycles. The lowest BCUT2D eigenvalue weighted by Gasteiger charge is -2.05. The summed E-state index contributed by atoms with van der Waals surface area (Å²) < 4.78 is 4.82. The zero-order valence-electron chi connectivity index (χ0n) is 10.0. The number of hydrogen-bond donors (Lipinski definition) is 1. The van der Waals surface area contributed by atoms with E-state index in [4.69, 9.17) is 9.84 Å². The topological polar surface area (TPSA) is 63.6 Å². The van der Waals surface area contributed by atoms with Gasteiger partial charge >= 0.3 is 11.9 Å². The number of carboxylic acid groups (broad SMARTS) is 1. The van der Waals surface area contributed by atoms with Gasteiger partial charge in [-0.15, -0.1) is 0 Å². The maximum absolute atomic E-state index is 11.3. The molecule has 4 nitrogen and oxygen atoms in total. The minimum Gasteiger partial charge on any atom is -0.481 e. The van der Waals surface area contributed by atoms with Crippen LogP contribution in [0, 0.1) is 0 Å². The van der Waals surface area contributed by atoms with Crippen LogP contribution in [0.15, 0.2) is 40.6 Å². The van der Waals surface area contributed by atoms with E-state index in [1.54, 1.807) is 31.2 Å². The average Bonchev–Trinajstić information content (AvgIpc) is 2.31. The molecule has 5 heteroatoms. The van der Waals surface area contributed by atoms with Crippen molar-refractivity contribution in [3.63, 3.8) is 0 Å². The maximum Gasteiger partial charge on any atom is 0.344 e. The molecule has 0 aromatic heterocycles. The number of hydrogen-bond acceptors (Lipinski definition) is 4. The molecule has 0 amide bonds. The third-order valence-electron chi connectivity index (χ3n) is 2.02. The minimum atomic E-state index is -0.869. The molecule has 0 bridgehead atoms. The van der Waals surface area contributed by atoms with Crippen LogP contribution in [-0.2, 0) is 20.7 Å².